The number of benzene rings is 1. The molecule has 0 radical (unpaired) electrons. The average molecular weight is 254 g/mol. The molecule has 2 aromatic heterocycles. The molecular formula is C15H18N4. The van der Waals surface area contributed by atoms with Gasteiger partial charge in [-0.2, -0.15) is 0 Å². The third-order valence-electron chi connectivity index (χ3n) is 3.58. The fourth-order valence-corrected chi connectivity index (χ4v) is 2.41. The van der Waals surface area contributed by atoms with Crippen LogP contribution in [0, 0.1) is 6.92 Å². The first kappa shape index (κ1) is 12.0. The van der Waals surface area contributed by atoms with Crippen molar-refractivity contribution < 1.29 is 0 Å². The Morgan fingerprint density at radius 2 is 1.95 bits per heavy atom. The van der Waals surface area contributed by atoms with Crippen LogP contribution in [0.25, 0.3) is 10.9 Å². The second kappa shape index (κ2) is 4.90. The molecule has 19 heavy (non-hydrogen) atoms. The number of hydrogen-bond acceptors (Lipinski definition) is 2. The van der Waals surface area contributed by atoms with Gasteiger partial charge in [-0.3, -0.25) is 0 Å². The number of imidazole rings is 1. The van der Waals surface area contributed by atoms with Crippen LogP contribution in [-0.2, 0) is 19.6 Å². The van der Waals surface area contributed by atoms with Gasteiger partial charge in [0.2, 0.25) is 0 Å². The highest BCUT2D eigenvalue weighted by molar-refractivity contribution is 5.80. The monoisotopic (exact) mass is 254 g/mol. The van der Waals surface area contributed by atoms with E-state index in [4.69, 9.17) is 5.73 Å². The lowest BCUT2D eigenvalue weighted by molar-refractivity contribution is 0.580. The lowest BCUT2D eigenvalue weighted by atomic mass is 10.1. The fraction of sp³-hybridized carbons (Fsp3) is 0.267. The molecule has 98 valence electrons. The van der Waals surface area contributed by atoms with E-state index in [0.29, 0.717) is 6.54 Å². The standard InChI is InChI=1S/C15H18N4/c1-12-17-5-7-18(12)8-9-19-6-4-14-3-2-13(11-16)10-15(14)19/h2-7,10H,8-9,11,16H2,1H3. The normalized spacial score (nSPS) is 11.3. The van der Waals surface area contributed by atoms with Crippen molar-refractivity contribution >= 4 is 10.9 Å². The van der Waals surface area contributed by atoms with Gasteiger partial charge in [-0.25, -0.2) is 4.98 Å². The van der Waals surface area contributed by atoms with Gasteiger partial charge in [-0.15, -0.1) is 0 Å². The molecule has 4 heteroatoms. The molecule has 0 saturated heterocycles. The van der Waals surface area contributed by atoms with Gasteiger partial charge >= 0.3 is 0 Å². The number of hydrogen-bond donors (Lipinski definition) is 1. The Kier molecular flexibility index (Phi) is 3.09. The number of rotatable bonds is 4. The molecule has 1 aromatic carbocycles. The first-order chi connectivity index (χ1) is 9.28. The van der Waals surface area contributed by atoms with Crippen LogP contribution < -0.4 is 5.73 Å². The zero-order valence-corrected chi connectivity index (χ0v) is 11.1. The maximum absolute atomic E-state index is 5.71. The molecule has 3 rings (SSSR count). The van der Waals surface area contributed by atoms with Crippen molar-refractivity contribution in [1.29, 1.82) is 0 Å². The fourth-order valence-electron chi connectivity index (χ4n) is 2.41. The summed E-state index contributed by atoms with van der Waals surface area (Å²) in [5.74, 6) is 1.05. The maximum atomic E-state index is 5.71. The molecule has 0 amide bonds. The Hall–Kier alpha value is -2.07. The van der Waals surface area contributed by atoms with E-state index in [1.165, 1.54) is 16.5 Å². The van der Waals surface area contributed by atoms with Gasteiger partial charge in [0.25, 0.3) is 0 Å². The smallest absolute Gasteiger partial charge is 0.105 e. The lowest BCUT2D eigenvalue weighted by Gasteiger charge is -2.08. The summed E-state index contributed by atoms with van der Waals surface area (Å²) in [6, 6.07) is 8.55. The van der Waals surface area contributed by atoms with E-state index in [9.17, 15) is 0 Å². The van der Waals surface area contributed by atoms with Crippen LogP contribution in [0.3, 0.4) is 0 Å². The van der Waals surface area contributed by atoms with Crippen LogP contribution in [0.4, 0.5) is 0 Å². The summed E-state index contributed by atoms with van der Waals surface area (Å²) in [5, 5.41) is 1.26. The molecule has 0 fully saturated rings. The molecule has 0 atom stereocenters. The van der Waals surface area contributed by atoms with E-state index >= 15 is 0 Å². The topological polar surface area (TPSA) is 48.8 Å². The lowest BCUT2D eigenvalue weighted by Crippen LogP contribution is -2.07. The third-order valence-corrected chi connectivity index (χ3v) is 3.58. The zero-order valence-electron chi connectivity index (χ0n) is 11.1. The van der Waals surface area contributed by atoms with Crippen molar-refractivity contribution in [3.05, 3.63) is 54.2 Å². The largest absolute Gasteiger partial charge is 0.346 e. The van der Waals surface area contributed by atoms with E-state index in [1.54, 1.807) is 0 Å². The minimum absolute atomic E-state index is 0.585. The molecule has 0 saturated carbocycles. The number of nitrogens with zero attached hydrogens (tertiary/aromatic N) is 3. The molecular weight excluding hydrogens is 236 g/mol. The predicted molar refractivity (Wildman–Crippen MR) is 76.8 cm³/mol. The molecule has 0 aliphatic carbocycles. The second-order valence-corrected chi connectivity index (χ2v) is 4.77. The highest BCUT2D eigenvalue weighted by Gasteiger charge is 2.03. The molecule has 0 aliphatic rings. The summed E-state index contributed by atoms with van der Waals surface area (Å²) in [5.41, 5.74) is 8.13. The molecule has 2 heterocycles. The van der Waals surface area contributed by atoms with Gasteiger partial charge in [0.05, 0.1) is 0 Å². The second-order valence-electron chi connectivity index (χ2n) is 4.77. The van der Waals surface area contributed by atoms with Crippen LogP contribution in [0.15, 0.2) is 42.9 Å². The van der Waals surface area contributed by atoms with Crippen molar-refractivity contribution in [3.8, 4) is 0 Å². The first-order valence-electron chi connectivity index (χ1n) is 6.53. The Morgan fingerprint density at radius 1 is 1.11 bits per heavy atom. The van der Waals surface area contributed by atoms with Crippen LogP contribution >= 0.6 is 0 Å². The molecule has 3 aromatic rings. The maximum Gasteiger partial charge on any atom is 0.105 e. The average Bonchev–Trinajstić information content (AvgIpc) is 3.02. The Balaban J connectivity index is 1.86. The van der Waals surface area contributed by atoms with Crippen LogP contribution in [-0.4, -0.2) is 14.1 Å². The summed E-state index contributed by atoms with van der Waals surface area (Å²) < 4.78 is 4.44. The highest BCUT2D eigenvalue weighted by Crippen LogP contribution is 2.17. The summed E-state index contributed by atoms with van der Waals surface area (Å²) in [7, 11) is 0. The van der Waals surface area contributed by atoms with Gasteiger partial charge in [0.15, 0.2) is 0 Å². The minimum atomic E-state index is 0.585. The van der Waals surface area contributed by atoms with Crippen molar-refractivity contribution in [2.45, 2.75) is 26.6 Å². The quantitative estimate of drug-likeness (QED) is 0.776. The first-order valence-corrected chi connectivity index (χ1v) is 6.53. The van der Waals surface area contributed by atoms with Gasteiger partial charge in [-0.05, 0) is 30.0 Å². The number of aromatic nitrogens is 3. The number of fused-ring (bicyclic) bond motifs is 1. The van der Waals surface area contributed by atoms with E-state index in [0.717, 1.165) is 18.9 Å². The molecule has 4 nitrogen and oxygen atoms in total. The van der Waals surface area contributed by atoms with E-state index in [-0.39, 0.29) is 0 Å². The molecule has 0 aliphatic heterocycles. The zero-order chi connectivity index (χ0) is 13.2. The van der Waals surface area contributed by atoms with Gasteiger partial charge in [0.1, 0.15) is 5.82 Å². The van der Waals surface area contributed by atoms with Gasteiger partial charge < -0.3 is 14.9 Å². The summed E-state index contributed by atoms with van der Waals surface area (Å²) in [4.78, 5) is 4.24. The minimum Gasteiger partial charge on any atom is -0.346 e. The summed E-state index contributed by atoms with van der Waals surface area (Å²) >= 11 is 0. The van der Waals surface area contributed by atoms with Crippen LogP contribution in [0.5, 0.6) is 0 Å². The van der Waals surface area contributed by atoms with E-state index < -0.39 is 0 Å². The predicted octanol–water partition coefficient (Wildman–Crippen LogP) is 2.31. The number of aryl methyl sites for hydroxylation is 3. The van der Waals surface area contributed by atoms with Gasteiger partial charge in [0, 0.05) is 43.7 Å². The SMILES string of the molecule is Cc1nccn1CCn1ccc2ccc(CN)cc21. The summed E-state index contributed by atoms with van der Waals surface area (Å²) in [6.45, 7) is 4.49. The Morgan fingerprint density at radius 3 is 2.68 bits per heavy atom. The van der Waals surface area contributed by atoms with E-state index in [2.05, 4.69) is 44.6 Å². The molecule has 2 N–H and O–H groups in total. The molecule has 0 spiro atoms. The van der Waals surface area contributed by atoms with Crippen LogP contribution in [0.2, 0.25) is 0 Å². The van der Waals surface area contributed by atoms with Crippen LogP contribution in [0.1, 0.15) is 11.4 Å². The molecule has 0 unspecified atom stereocenters. The van der Waals surface area contributed by atoms with Gasteiger partial charge in [-0.1, -0.05) is 12.1 Å². The van der Waals surface area contributed by atoms with Crippen molar-refractivity contribution in [2.24, 2.45) is 5.73 Å². The number of nitrogens with two attached hydrogens (primary N) is 1. The Bertz CT molecular complexity index is 693. The van der Waals surface area contributed by atoms with Crippen molar-refractivity contribution in [1.82, 2.24) is 14.1 Å². The summed E-state index contributed by atoms with van der Waals surface area (Å²) in [6.07, 6.45) is 6.00. The third kappa shape index (κ3) is 2.27. The Labute approximate surface area is 112 Å². The van der Waals surface area contributed by atoms with E-state index in [1.807, 2.05) is 19.3 Å². The molecule has 0 bridgehead atoms. The van der Waals surface area contributed by atoms with Crippen molar-refractivity contribution in [3.63, 3.8) is 0 Å². The highest BCUT2D eigenvalue weighted by atomic mass is 15.1. The van der Waals surface area contributed by atoms with Crippen molar-refractivity contribution in [2.75, 3.05) is 0 Å².